The molecule has 0 spiro atoms. The van der Waals surface area contributed by atoms with Gasteiger partial charge in [0, 0.05) is 71.8 Å². The van der Waals surface area contributed by atoms with Crippen LogP contribution in [0, 0.1) is 0 Å². The van der Waals surface area contributed by atoms with E-state index in [9.17, 15) is 0 Å². The molecule has 0 aliphatic carbocycles. The van der Waals surface area contributed by atoms with Gasteiger partial charge in [0.05, 0.1) is 0 Å². The minimum Gasteiger partial charge on any atom is -0.435 e. The van der Waals surface area contributed by atoms with Crippen LogP contribution in [0.15, 0.2) is 136 Å². The first-order valence-corrected chi connectivity index (χ1v) is 18.4. The molecule has 0 bridgehead atoms. The monoisotopic (exact) mass is 674 g/mol. The molecule has 6 rings (SSSR count). The summed E-state index contributed by atoms with van der Waals surface area (Å²) in [5.41, 5.74) is 5.61. The predicted molar refractivity (Wildman–Crippen MR) is 204 cm³/mol. The van der Waals surface area contributed by atoms with Crippen LogP contribution < -0.4 is 9.05 Å². The van der Waals surface area contributed by atoms with Crippen LogP contribution in [-0.2, 0) is 10.8 Å². The zero-order chi connectivity index (χ0) is 34.1. The van der Waals surface area contributed by atoms with E-state index in [4.69, 9.17) is 9.05 Å². The molecular weight excluding hydrogens is 630 g/mol. The van der Waals surface area contributed by atoms with Crippen molar-refractivity contribution in [2.24, 2.45) is 0 Å². The topological polar surface area (TPSA) is 38.2 Å². The highest BCUT2D eigenvalue weighted by atomic mass is 31.2. The Labute approximate surface area is 287 Å². The molecule has 8 heteroatoms. The molecule has 0 aliphatic heterocycles. The first-order chi connectivity index (χ1) is 23.0. The van der Waals surface area contributed by atoms with Gasteiger partial charge in [-0.2, -0.15) is 0 Å². The van der Waals surface area contributed by atoms with E-state index in [2.05, 4.69) is 146 Å². The van der Waals surface area contributed by atoms with E-state index < -0.39 is 16.9 Å². The van der Waals surface area contributed by atoms with E-state index in [0.29, 0.717) is 0 Å². The van der Waals surface area contributed by atoms with Gasteiger partial charge in [-0.1, -0.05) is 66.9 Å². The Morgan fingerprint density at radius 3 is 0.979 bits per heavy atom. The maximum Gasteiger partial charge on any atom is 0.317 e. The number of benzene rings is 2. The SMILES string of the molecule is C=Cc1cc(-c2cc(C=C)cc(C(C)(C)C)c2OP(n2cccc2)n2cccc2)c(OP(n2cccc2)n2cccc2)c(C(C)(C)C)c1. The highest BCUT2D eigenvalue weighted by molar-refractivity contribution is 7.50. The van der Waals surface area contributed by atoms with Crippen LogP contribution in [0.1, 0.15) is 63.8 Å². The van der Waals surface area contributed by atoms with Crippen LogP contribution in [-0.4, -0.2) is 17.4 Å². The van der Waals surface area contributed by atoms with E-state index in [1.54, 1.807) is 0 Å². The van der Waals surface area contributed by atoms with Crippen LogP contribution in [0.25, 0.3) is 23.3 Å². The average molecular weight is 675 g/mol. The van der Waals surface area contributed by atoms with Crippen molar-refractivity contribution in [1.82, 2.24) is 17.4 Å². The lowest BCUT2D eigenvalue weighted by molar-refractivity contribution is 0.523. The van der Waals surface area contributed by atoms with Crippen molar-refractivity contribution in [3.05, 3.63) is 158 Å². The van der Waals surface area contributed by atoms with E-state index >= 15 is 0 Å². The molecule has 0 radical (unpaired) electrons. The maximum atomic E-state index is 7.32. The van der Waals surface area contributed by atoms with Gasteiger partial charge >= 0.3 is 16.9 Å². The molecule has 0 atom stereocenters. The zero-order valence-corrected chi connectivity index (χ0v) is 30.4. The minimum absolute atomic E-state index is 0.246. The number of aromatic nitrogens is 4. The van der Waals surface area contributed by atoms with Gasteiger partial charge in [-0.3, -0.25) is 17.4 Å². The van der Waals surface area contributed by atoms with Crippen molar-refractivity contribution in [3.8, 4) is 22.6 Å². The van der Waals surface area contributed by atoms with Gasteiger partial charge in [0.2, 0.25) is 0 Å². The van der Waals surface area contributed by atoms with Gasteiger partial charge in [0.1, 0.15) is 11.5 Å². The van der Waals surface area contributed by atoms with E-state index in [1.807, 2.05) is 60.7 Å². The quantitative estimate of drug-likeness (QED) is 0.128. The van der Waals surface area contributed by atoms with Crippen LogP contribution >= 0.6 is 16.9 Å². The normalized spacial score (nSPS) is 12.1. The molecule has 0 unspecified atom stereocenters. The predicted octanol–water partition coefficient (Wildman–Crippen LogP) is 11.8. The Kier molecular flexibility index (Phi) is 9.43. The third kappa shape index (κ3) is 6.88. The van der Waals surface area contributed by atoms with Crippen LogP contribution in [0.4, 0.5) is 0 Å². The number of hydrogen-bond acceptors (Lipinski definition) is 2. The molecule has 0 N–H and O–H groups in total. The summed E-state index contributed by atoms with van der Waals surface area (Å²) in [4.78, 5) is 0. The first kappa shape index (κ1) is 33.4. The molecule has 0 saturated heterocycles. The fourth-order valence-corrected chi connectivity index (χ4v) is 8.70. The highest BCUT2D eigenvalue weighted by Crippen LogP contribution is 2.54. The third-order valence-electron chi connectivity index (χ3n) is 8.09. The fraction of sp³-hybridized carbons (Fsp3) is 0.200. The van der Waals surface area contributed by atoms with E-state index in [1.165, 1.54) is 0 Å². The Bertz CT molecular complexity index is 1760. The van der Waals surface area contributed by atoms with E-state index in [0.717, 1.165) is 44.9 Å². The zero-order valence-electron chi connectivity index (χ0n) is 28.6. The van der Waals surface area contributed by atoms with Gasteiger partial charge in [-0.05, 0) is 94.8 Å². The molecule has 246 valence electrons. The van der Waals surface area contributed by atoms with Crippen LogP contribution in [0.3, 0.4) is 0 Å². The summed E-state index contributed by atoms with van der Waals surface area (Å²) in [7, 11) is -2.64. The lowest BCUT2D eigenvalue weighted by Gasteiger charge is -2.32. The molecule has 0 saturated carbocycles. The summed E-state index contributed by atoms with van der Waals surface area (Å²) in [6, 6.07) is 25.1. The number of rotatable bonds is 11. The molecule has 6 nitrogen and oxygen atoms in total. The molecule has 4 aromatic heterocycles. The van der Waals surface area contributed by atoms with Gasteiger partial charge in [-0.25, -0.2) is 0 Å². The lowest BCUT2D eigenvalue weighted by Crippen LogP contribution is -2.17. The molecule has 0 fully saturated rings. The Balaban J connectivity index is 1.67. The molecule has 2 aromatic carbocycles. The molecule has 48 heavy (non-hydrogen) atoms. The van der Waals surface area contributed by atoms with Crippen molar-refractivity contribution in [3.63, 3.8) is 0 Å². The largest absolute Gasteiger partial charge is 0.435 e. The van der Waals surface area contributed by atoms with Crippen molar-refractivity contribution in [1.29, 1.82) is 0 Å². The van der Waals surface area contributed by atoms with Crippen LogP contribution in [0.2, 0.25) is 0 Å². The Morgan fingerprint density at radius 1 is 0.479 bits per heavy atom. The summed E-state index contributed by atoms with van der Waals surface area (Å²) in [6.07, 6.45) is 20.3. The second kappa shape index (κ2) is 13.5. The minimum atomic E-state index is -1.32. The Morgan fingerprint density at radius 2 is 0.750 bits per heavy atom. The molecule has 4 heterocycles. The third-order valence-corrected chi connectivity index (χ3v) is 11.4. The van der Waals surface area contributed by atoms with Gasteiger partial charge in [0.25, 0.3) is 0 Å². The summed E-state index contributed by atoms with van der Waals surface area (Å²) in [5.74, 6) is 1.64. The molecule has 6 aromatic rings. The second-order valence-electron chi connectivity index (χ2n) is 13.7. The van der Waals surface area contributed by atoms with E-state index in [-0.39, 0.29) is 10.8 Å². The molecule has 0 amide bonds. The highest BCUT2D eigenvalue weighted by Gasteiger charge is 2.32. The Hall–Kier alpha value is -4.50. The van der Waals surface area contributed by atoms with Crippen molar-refractivity contribution in [2.45, 2.75) is 52.4 Å². The maximum absolute atomic E-state index is 7.32. The number of nitrogens with zero attached hydrogens (tertiary/aromatic N) is 4. The standard InChI is InChI=1S/C40H44N4O2P2/c1-9-31-27-33(37(35(29-31)39(3,4)5)45-47(41-19-11-12-20-41)42-21-13-14-22-42)34-28-32(10-2)30-36(40(6,7)8)38(34)46-48(43-23-15-16-24-43)44-25-17-18-26-44/h9-30H,1-2H2,3-8H3. The van der Waals surface area contributed by atoms with Gasteiger partial charge in [0.15, 0.2) is 0 Å². The summed E-state index contributed by atoms with van der Waals surface area (Å²) >= 11 is 0. The summed E-state index contributed by atoms with van der Waals surface area (Å²) in [5, 5.41) is 0. The fourth-order valence-electron chi connectivity index (χ4n) is 5.60. The smallest absolute Gasteiger partial charge is 0.317 e. The van der Waals surface area contributed by atoms with Crippen LogP contribution in [0.5, 0.6) is 11.5 Å². The van der Waals surface area contributed by atoms with Crippen molar-refractivity contribution in [2.75, 3.05) is 0 Å². The molecular formula is C40H44N4O2P2. The van der Waals surface area contributed by atoms with Crippen molar-refractivity contribution >= 4 is 29.1 Å². The van der Waals surface area contributed by atoms with Gasteiger partial charge in [-0.15, -0.1) is 0 Å². The molecule has 0 aliphatic rings. The first-order valence-electron chi connectivity index (χ1n) is 16.1. The van der Waals surface area contributed by atoms with Gasteiger partial charge < -0.3 is 9.05 Å². The summed E-state index contributed by atoms with van der Waals surface area (Å²) < 4.78 is 23.2. The summed E-state index contributed by atoms with van der Waals surface area (Å²) in [6.45, 7) is 21.8. The number of hydrogen-bond donors (Lipinski definition) is 0. The average Bonchev–Trinajstić information content (AvgIpc) is 3.89. The lowest BCUT2D eigenvalue weighted by atomic mass is 9.80. The van der Waals surface area contributed by atoms with Crippen molar-refractivity contribution < 1.29 is 9.05 Å². The second-order valence-corrected chi connectivity index (χ2v) is 17.0.